The minimum absolute atomic E-state index is 0.00906. The number of halogens is 1. The average Bonchev–Trinajstić information content (AvgIpc) is 3.42. The van der Waals surface area contributed by atoms with Crippen LogP contribution in [0.2, 0.25) is 0 Å². The van der Waals surface area contributed by atoms with E-state index >= 15 is 0 Å². The van der Waals surface area contributed by atoms with E-state index in [9.17, 15) is 9.18 Å². The predicted molar refractivity (Wildman–Crippen MR) is 88.5 cm³/mol. The van der Waals surface area contributed by atoms with Crippen LogP contribution in [0.3, 0.4) is 0 Å². The van der Waals surface area contributed by atoms with Crippen LogP contribution < -0.4 is 5.32 Å². The highest BCUT2D eigenvalue weighted by atomic mass is 19.1. The SMILES string of the molecule is O=C(NCCCOCCO)c1cc(C2CC2)nc2ccc(F)cc12. The second-order valence-corrected chi connectivity index (χ2v) is 5.98. The van der Waals surface area contributed by atoms with E-state index in [1.54, 1.807) is 12.1 Å². The van der Waals surface area contributed by atoms with E-state index < -0.39 is 0 Å². The third kappa shape index (κ3) is 4.07. The number of benzene rings is 1. The first-order valence-corrected chi connectivity index (χ1v) is 8.26. The van der Waals surface area contributed by atoms with Gasteiger partial charge in [0.2, 0.25) is 0 Å². The van der Waals surface area contributed by atoms with Gasteiger partial charge in [0.05, 0.1) is 24.3 Å². The smallest absolute Gasteiger partial charge is 0.252 e. The van der Waals surface area contributed by atoms with Crippen molar-refractivity contribution in [2.24, 2.45) is 0 Å². The third-order valence-electron chi connectivity index (χ3n) is 4.02. The summed E-state index contributed by atoms with van der Waals surface area (Å²) in [6, 6.07) is 6.14. The van der Waals surface area contributed by atoms with E-state index in [4.69, 9.17) is 9.84 Å². The van der Waals surface area contributed by atoms with Gasteiger partial charge in [0.25, 0.3) is 5.91 Å². The van der Waals surface area contributed by atoms with Crippen molar-refractivity contribution in [3.8, 4) is 0 Å². The number of nitrogens with one attached hydrogen (secondary N) is 1. The van der Waals surface area contributed by atoms with Crippen molar-refractivity contribution in [3.63, 3.8) is 0 Å². The maximum Gasteiger partial charge on any atom is 0.252 e. The van der Waals surface area contributed by atoms with Gasteiger partial charge in [0.1, 0.15) is 5.82 Å². The third-order valence-corrected chi connectivity index (χ3v) is 4.02. The fourth-order valence-electron chi connectivity index (χ4n) is 2.63. The molecule has 1 aromatic carbocycles. The van der Waals surface area contributed by atoms with Gasteiger partial charge >= 0.3 is 0 Å². The quantitative estimate of drug-likeness (QED) is 0.728. The Morgan fingerprint density at radius 3 is 2.92 bits per heavy atom. The van der Waals surface area contributed by atoms with Gasteiger partial charge < -0.3 is 15.2 Å². The molecule has 1 aliphatic carbocycles. The lowest BCUT2D eigenvalue weighted by Gasteiger charge is -2.10. The number of ether oxygens (including phenoxy) is 1. The molecule has 1 heterocycles. The highest BCUT2D eigenvalue weighted by Crippen LogP contribution is 2.40. The van der Waals surface area contributed by atoms with Gasteiger partial charge in [-0.3, -0.25) is 9.78 Å². The predicted octanol–water partition coefficient (Wildman–Crippen LogP) is 2.38. The number of aliphatic hydroxyl groups excluding tert-OH is 1. The number of nitrogens with zero attached hydrogens (tertiary/aromatic N) is 1. The Kier molecular flexibility index (Phi) is 5.37. The summed E-state index contributed by atoms with van der Waals surface area (Å²) in [5.41, 5.74) is 2.03. The molecule has 0 unspecified atom stereocenters. The Bertz CT molecular complexity index is 732. The lowest BCUT2D eigenvalue weighted by molar-refractivity contribution is 0.0868. The molecule has 3 rings (SSSR count). The molecule has 0 bridgehead atoms. The van der Waals surface area contributed by atoms with Gasteiger partial charge in [-0.2, -0.15) is 0 Å². The summed E-state index contributed by atoms with van der Waals surface area (Å²) in [4.78, 5) is 17.1. The van der Waals surface area contributed by atoms with E-state index in [1.165, 1.54) is 12.1 Å². The molecule has 0 atom stereocenters. The number of amides is 1. The molecule has 1 aromatic heterocycles. The number of aromatic nitrogens is 1. The van der Waals surface area contributed by atoms with Gasteiger partial charge in [-0.1, -0.05) is 0 Å². The Labute approximate surface area is 139 Å². The van der Waals surface area contributed by atoms with Crippen LogP contribution in [-0.4, -0.2) is 42.4 Å². The van der Waals surface area contributed by atoms with Crippen LogP contribution in [0.25, 0.3) is 10.9 Å². The number of pyridine rings is 1. The van der Waals surface area contributed by atoms with E-state index in [2.05, 4.69) is 10.3 Å². The minimum Gasteiger partial charge on any atom is -0.394 e. The largest absolute Gasteiger partial charge is 0.394 e. The van der Waals surface area contributed by atoms with Crippen LogP contribution in [-0.2, 0) is 4.74 Å². The number of rotatable bonds is 8. The van der Waals surface area contributed by atoms with Gasteiger partial charge in [-0.25, -0.2) is 4.39 Å². The lowest BCUT2D eigenvalue weighted by Crippen LogP contribution is -2.26. The number of fused-ring (bicyclic) bond motifs is 1. The Morgan fingerprint density at radius 2 is 2.17 bits per heavy atom. The van der Waals surface area contributed by atoms with Gasteiger partial charge in [-0.05, 0) is 43.5 Å². The summed E-state index contributed by atoms with van der Waals surface area (Å²) in [5, 5.41) is 12.0. The molecule has 1 saturated carbocycles. The molecule has 1 fully saturated rings. The zero-order valence-electron chi connectivity index (χ0n) is 13.4. The maximum atomic E-state index is 13.6. The summed E-state index contributed by atoms with van der Waals surface area (Å²) in [7, 11) is 0. The van der Waals surface area contributed by atoms with Crippen molar-refractivity contribution in [1.82, 2.24) is 10.3 Å². The number of aliphatic hydroxyl groups is 1. The van der Waals surface area contributed by atoms with E-state index in [0.29, 0.717) is 48.6 Å². The van der Waals surface area contributed by atoms with Crippen molar-refractivity contribution >= 4 is 16.8 Å². The van der Waals surface area contributed by atoms with Crippen LogP contribution >= 0.6 is 0 Å². The molecule has 1 aliphatic rings. The fraction of sp³-hybridized carbons (Fsp3) is 0.444. The average molecular weight is 332 g/mol. The van der Waals surface area contributed by atoms with Crippen molar-refractivity contribution in [2.75, 3.05) is 26.4 Å². The zero-order chi connectivity index (χ0) is 16.9. The van der Waals surface area contributed by atoms with E-state index in [-0.39, 0.29) is 18.3 Å². The Morgan fingerprint density at radius 1 is 1.33 bits per heavy atom. The second-order valence-electron chi connectivity index (χ2n) is 5.98. The molecule has 2 N–H and O–H groups in total. The van der Waals surface area contributed by atoms with Gasteiger partial charge in [0.15, 0.2) is 0 Å². The molecule has 1 amide bonds. The highest BCUT2D eigenvalue weighted by molar-refractivity contribution is 6.06. The molecule has 24 heavy (non-hydrogen) atoms. The maximum absolute atomic E-state index is 13.6. The van der Waals surface area contributed by atoms with Crippen LogP contribution in [0.1, 0.15) is 41.2 Å². The summed E-state index contributed by atoms with van der Waals surface area (Å²) in [5.74, 6) is -0.190. The second kappa shape index (κ2) is 7.68. The summed E-state index contributed by atoms with van der Waals surface area (Å²) < 4.78 is 18.7. The number of carbonyl (C=O) groups excluding carboxylic acids is 1. The van der Waals surface area contributed by atoms with Gasteiger partial charge in [-0.15, -0.1) is 0 Å². The van der Waals surface area contributed by atoms with E-state index in [1.807, 2.05) is 0 Å². The molecule has 0 saturated heterocycles. The molecule has 0 spiro atoms. The molecule has 2 aromatic rings. The zero-order valence-corrected chi connectivity index (χ0v) is 13.4. The highest BCUT2D eigenvalue weighted by Gasteiger charge is 2.27. The van der Waals surface area contributed by atoms with Crippen molar-refractivity contribution in [3.05, 3.63) is 41.3 Å². The lowest BCUT2D eigenvalue weighted by atomic mass is 10.0. The Balaban J connectivity index is 1.74. The first kappa shape index (κ1) is 16.8. The molecular weight excluding hydrogens is 311 g/mol. The molecule has 6 heteroatoms. The van der Waals surface area contributed by atoms with Crippen LogP contribution in [0, 0.1) is 5.82 Å². The monoisotopic (exact) mass is 332 g/mol. The van der Waals surface area contributed by atoms with Gasteiger partial charge in [0, 0.05) is 30.1 Å². The first-order chi connectivity index (χ1) is 11.7. The minimum atomic E-state index is -0.380. The fourth-order valence-corrected chi connectivity index (χ4v) is 2.63. The Hall–Kier alpha value is -2.05. The summed E-state index contributed by atoms with van der Waals surface area (Å²) >= 11 is 0. The molecule has 128 valence electrons. The molecule has 0 aliphatic heterocycles. The van der Waals surface area contributed by atoms with Crippen LogP contribution in [0.15, 0.2) is 24.3 Å². The van der Waals surface area contributed by atoms with Crippen molar-refractivity contribution in [1.29, 1.82) is 0 Å². The number of hydrogen-bond acceptors (Lipinski definition) is 4. The topological polar surface area (TPSA) is 71.5 Å². The summed E-state index contributed by atoms with van der Waals surface area (Å²) in [6.07, 6.45) is 2.82. The molecular formula is C18H21FN2O3. The standard InChI is InChI=1S/C18H21FN2O3/c19-13-4-5-16-14(10-13)15(11-17(21-16)12-2-3-12)18(23)20-6-1-8-24-9-7-22/h4-5,10-12,22H,1-3,6-9H2,(H,20,23). The summed E-state index contributed by atoms with van der Waals surface area (Å²) in [6.45, 7) is 1.22. The van der Waals surface area contributed by atoms with Crippen LogP contribution in [0.5, 0.6) is 0 Å². The van der Waals surface area contributed by atoms with E-state index in [0.717, 1.165) is 18.5 Å². The molecule has 0 radical (unpaired) electrons. The number of hydrogen-bond donors (Lipinski definition) is 2. The van der Waals surface area contributed by atoms with Crippen LogP contribution in [0.4, 0.5) is 4.39 Å². The number of carbonyl (C=O) groups is 1. The van der Waals surface area contributed by atoms with Crippen molar-refractivity contribution < 1.29 is 19.0 Å². The molecule has 5 nitrogen and oxygen atoms in total. The normalized spacial score (nSPS) is 14.1. The van der Waals surface area contributed by atoms with Crippen molar-refractivity contribution in [2.45, 2.75) is 25.2 Å². The first-order valence-electron chi connectivity index (χ1n) is 8.26.